The molecule has 0 heterocycles. The molecule has 0 saturated heterocycles. The number of benzene rings is 1. The zero-order chi connectivity index (χ0) is 12.8. The lowest BCUT2D eigenvalue weighted by atomic mass is 10.1. The molecule has 17 heavy (non-hydrogen) atoms. The summed E-state index contributed by atoms with van der Waals surface area (Å²) in [6, 6.07) is 4.57. The maximum absolute atomic E-state index is 11.3. The third kappa shape index (κ3) is 3.11. The van der Waals surface area contributed by atoms with Crippen molar-refractivity contribution in [2.75, 3.05) is 13.7 Å². The number of hydrogen-bond donors (Lipinski definition) is 1. The minimum atomic E-state index is -0.430. The number of phenols is 1. The molecule has 0 radical (unpaired) electrons. The highest BCUT2D eigenvalue weighted by molar-refractivity contribution is 5.74. The Morgan fingerprint density at radius 1 is 1.53 bits per heavy atom. The Labute approximate surface area is 99.2 Å². The van der Waals surface area contributed by atoms with Gasteiger partial charge in [0.15, 0.2) is 0 Å². The number of hydrogen-bond acceptors (Lipinski definition) is 5. The fourth-order valence-corrected chi connectivity index (χ4v) is 1.50. The summed E-state index contributed by atoms with van der Waals surface area (Å²) in [6.45, 7) is 1.99. The van der Waals surface area contributed by atoms with E-state index >= 15 is 0 Å². The van der Waals surface area contributed by atoms with Crippen LogP contribution in [0.2, 0.25) is 0 Å². The number of carbonyl (C=O) groups is 1. The van der Waals surface area contributed by atoms with E-state index in [1.165, 1.54) is 19.2 Å². The fourth-order valence-electron chi connectivity index (χ4n) is 1.50. The van der Waals surface area contributed by atoms with Crippen LogP contribution in [0.1, 0.15) is 18.1 Å². The Bertz CT molecular complexity index is 462. The lowest BCUT2D eigenvalue weighted by Gasteiger charge is -2.10. The summed E-state index contributed by atoms with van der Waals surface area (Å²) >= 11 is 0. The summed E-state index contributed by atoms with van der Waals surface area (Å²) in [6.07, 6.45) is -0.0416. The van der Waals surface area contributed by atoms with E-state index in [9.17, 15) is 9.90 Å². The van der Waals surface area contributed by atoms with E-state index in [4.69, 9.17) is 14.7 Å². The molecule has 0 fully saturated rings. The molecular weight excluding hydrogens is 222 g/mol. The third-order valence-electron chi connectivity index (χ3n) is 2.12. The van der Waals surface area contributed by atoms with Crippen LogP contribution < -0.4 is 4.74 Å². The van der Waals surface area contributed by atoms with Crippen LogP contribution in [0.5, 0.6) is 11.5 Å². The first-order chi connectivity index (χ1) is 8.12. The summed E-state index contributed by atoms with van der Waals surface area (Å²) in [7, 11) is 1.40. The molecule has 1 aromatic carbocycles. The van der Waals surface area contributed by atoms with Crippen LogP contribution in [-0.2, 0) is 16.0 Å². The molecule has 5 heteroatoms. The van der Waals surface area contributed by atoms with Gasteiger partial charge < -0.3 is 14.6 Å². The number of nitriles is 1. The van der Waals surface area contributed by atoms with E-state index in [1.54, 1.807) is 6.92 Å². The van der Waals surface area contributed by atoms with Crippen LogP contribution in [0.3, 0.4) is 0 Å². The average Bonchev–Trinajstić information content (AvgIpc) is 2.28. The standard InChI is InChI=1S/C12H13NO4/c1-3-17-11(15)6-8-4-10(14)5-9(7-13)12(8)16-2/h4-5,14H,3,6H2,1-2H3. The molecule has 0 aromatic heterocycles. The first kappa shape index (κ1) is 12.8. The summed E-state index contributed by atoms with van der Waals surface area (Å²) in [5.41, 5.74) is 0.620. The lowest BCUT2D eigenvalue weighted by Crippen LogP contribution is -2.09. The van der Waals surface area contributed by atoms with Gasteiger partial charge in [-0.25, -0.2) is 0 Å². The van der Waals surface area contributed by atoms with E-state index in [1.807, 2.05) is 6.07 Å². The molecule has 1 rings (SSSR count). The molecule has 0 amide bonds. The molecule has 0 spiro atoms. The minimum absolute atomic E-state index is 0.0416. The number of rotatable bonds is 4. The quantitative estimate of drug-likeness (QED) is 0.797. The SMILES string of the molecule is CCOC(=O)Cc1cc(O)cc(C#N)c1OC. The lowest BCUT2D eigenvalue weighted by molar-refractivity contribution is -0.142. The Morgan fingerprint density at radius 2 is 2.24 bits per heavy atom. The Balaban J connectivity index is 3.10. The summed E-state index contributed by atoms with van der Waals surface area (Å²) in [4.78, 5) is 11.3. The maximum atomic E-state index is 11.3. The second kappa shape index (κ2) is 5.75. The van der Waals surface area contributed by atoms with Gasteiger partial charge in [0.1, 0.15) is 17.6 Å². The van der Waals surface area contributed by atoms with Crippen molar-refractivity contribution in [1.82, 2.24) is 0 Å². The molecule has 0 atom stereocenters. The van der Waals surface area contributed by atoms with Gasteiger partial charge in [0.2, 0.25) is 0 Å². The van der Waals surface area contributed by atoms with E-state index in [0.717, 1.165) is 0 Å². The number of phenolic OH excluding ortho intramolecular Hbond substituents is 1. The van der Waals surface area contributed by atoms with Crippen LogP contribution in [0.15, 0.2) is 12.1 Å². The van der Waals surface area contributed by atoms with E-state index in [2.05, 4.69) is 0 Å². The number of nitrogens with zero attached hydrogens (tertiary/aromatic N) is 1. The second-order valence-corrected chi connectivity index (χ2v) is 3.28. The maximum Gasteiger partial charge on any atom is 0.310 e. The van der Waals surface area contributed by atoms with Crippen LogP contribution in [0.4, 0.5) is 0 Å². The highest BCUT2D eigenvalue weighted by atomic mass is 16.5. The van der Waals surface area contributed by atoms with Crippen LogP contribution in [0, 0.1) is 11.3 Å². The van der Waals surface area contributed by atoms with Crippen molar-refractivity contribution in [1.29, 1.82) is 5.26 Å². The number of ether oxygens (including phenoxy) is 2. The van der Waals surface area contributed by atoms with Gasteiger partial charge in [-0.15, -0.1) is 0 Å². The third-order valence-corrected chi connectivity index (χ3v) is 2.12. The predicted octanol–water partition coefficient (Wildman–Crippen LogP) is 1.38. The van der Waals surface area contributed by atoms with Crippen molar-refractivity contribution in [3.05, 3.63) is 23.3 Å². The average molecular weight is 235 g/mol. The first-order valence-corrected chi connectivity index (χ1v) is 5.08. The van der Waals surface area contributed by atoms with Gasteiger partial charge in [-0.3, -0.25) is 4.79 Å². The zero-order valence-electron chi connectivity index (χ0n) is 9.69. The van der Waals surface area contributed by atoms with Gasteiger partial charge in [0, 0.05) is 11.6 Å². The number of esters is 1. The smallest absolute Gasteiger partial charge is 0.310 e. The van der Waals surface area contributed by atoms with E-state index < -0.39 is 5.97 Å². The van der Waals surface area contributed by atoms with Crippen molar-refractivity contribution in [2.45, 2.75) is 13.3 Å². The molecule has 0 aliphatic carbocycles. The topological polar surface area (TPSA) is 79.5 Å². The number of carbonyl (C=O) groups excluding carboxylic acids is 1. The molecule has 0 aliphatic heterocycles. The number of methoxy groups -OCH3 is 1. The monoisotopic (exact) mass is 235 g/mol. The molecule has 0 aliphatic rings. The molecule has 0 unspecified atom stereocenters. The summed E-state index contributed by atoms with van der Waals surface area (Å²) in [5, 5.41) is 18.3. The van der Waals surface area contributed by atoms with Gasteiger partial charge in [-0.05, 0) is 13.0 Å². The van der Waals surface area contributed by atoms with Crippen molar-refractivity contribution < 1.29 is 19.4 Å². The van der Waals surface area contributed by atoms with Crippen molar-refractivity contribution in [2.24, 2.45) is 0 Å². The molecule has 0 bridgehead atoms. The molecule has 90 valence electrons. The van der Waals surface area contributed by atoms with Gasteiger partial charge in [0.25, 0.3) is 0 Å². The largest absolute Gasteiger partial charge is 0.508 e. The first-order valence-electron chi connectivity index (χ1n) is 5.08. The second-order valence-electron chi connectivity index (χ2n) is 3.28. The molecular formula is C12H13NO4. The molecule has 0 saturated carbocycles. The summed E-state index contributed by atoms with van der Waals surface area (Å²) < 4.78 is 9.86. The van der Waals surface area contributed by atoms with Gasteiger partial charge in [-0.2, -0.15) is 5.26 Å². The Kier molecular flexibility index (Phi) is 4.35. The minimum Gasteiger partial charge on any atom is -0.508 e. The normalized spacial score (nSPS) is 9.47. The van der Waals surface area contributed by atoms with Crippen LogP contribution in [-0.4, -0.2) is 24.8 Å². The molecule has 1 aromatic rings. The number of aromatic hydroxyl groups is 1. The predicted molar refractivity (Wildman–Crippen MR) is 59.7 cm³/mol. The van der Waals surface area contributed by atoms with Gasteiger partial charge >= 0.3 is 5.97 Å². The van der Waals surface area contributed by atoms with Crippen molar-refractivity contribution >= 4 is 5.97 Å². The van der Waals surface area contributed by atoms with E-state index in [-0.39, 0.29) is 24.3 Å². The van der Waals surface area contributed by atoms with Crippen molar-refractivity contribution in [3.63, 3.8) is 0 Å². The van der Waals surface area contributed by atoms with Crippen LogP contribution in [0.25, 0.3) is 0 Å². The highest BCUT2D eigenvalue weighted by Crippen LogP contribution is 2.28. The van der Waals surface area contributed by atoms with E-state index in [0.29, 0.717) is 11.3 Å². The van der Waals surface area contributed by atoms with Gasteiger partial charge in [0.05, 0.1) is 25.7 Å². The van der Waals surface area contributed by atoms with Crippen molar-refractivity contribution in [3.8, 4) is 17.6 Å². The summed E-state index contributed by atoms with van der Waals surface area (Å²) in [5.74, 6) is -0.222. The molecule has 1 N–H and O–H groups in total. The Morgan fingerprint density at radius 3 is 2.76 bits per heavy atom. The molecule has 5 nitrogen and oxygen atoms in total. The fraction of sp³-hybridized carbons (Fsp3) is 0.333. The van der Waals surface area contributed by atoms with Crippen LogP contribution >= 0.6 is 0 Å². The Hall–Kier alpha value is -2.22. The highest BCUT2D eigenvalue weighted by Gasteiger charge is 2.15. The van der Waals surface area contributed by atoms with Gasteiger partial charge in [-0.1, -0.05) is 0 Å². The zero-order valence-corrected chi connectivity index (χ0v) is 9.69.